The summed E-state index contributed by atoms with van der Waals surface area (Å²) in [5.41, 5.74) is 2.47. The van der Waals surface area contributed by atoms with E-state index in [4.69, 9.17) is 0 Å². The summed E-state index contributed by atoms with van der Waals surface area (Å²) in [6, 6.07) is 5.88. The van der Waals surface area contributed by atoms with Gasteiger partial charge >= 0.3 is 0 Å². The Hall–Kier alpha value is -1.16. The van der Waals surface area contributed by atoms with Gasteiger partial charge in [0.05, 0.1) is 10.0 Å². The largest absolute Gasteiger partial charge is 0.506 e. The van der Waals surface area contributed by atoms with Crippen LogP contribution >= 0.6 is 43.2 Å². The van der Waals surface area contributed by atoms with Crippen molar-refractivity contribution >= 4 is 54.4 Å². The Labute approximate surface area is 155 Å². The highest BCUT2D eigenvalue weighted by atomic mass is 79.9. The summed E-state index contributed by atoms with van der Waals surface area (Å²) >= 11 is 8.31. The number of rotatable bonds is 2. The molecule has 1 N–H and O–H groups in total. The standard InChI is InChI=1S/C17H14Br2N2OS/c1-9-2-3-12-13(7-20)17(23-15(12)4-9)21-8-10-5-11(18)6-14(19)16(10)22/h5-6,8-9,22H,2-4H2,1H3/b21-8+/t9-/m1/s1. The maximum atomic E-state index is 10.1. The molecule has 6 heteroatoms. The van der Waals surface area contributed by atoms with E-state index in [0.29, 0.717) is 21.5 Å². The SMILES string of the molecule is C[C@@H]1CCc2c(sc(/N=C/c3cc(Br)cc(Br)c3O)c2C#N)C1. The van der Waals surface area contributed by atoms with E-state index in [1.807, 2.05) is 0 Å². The van der Waals surface area contributed by atoms with Crippen molar-refractivity contribution in [1.29, 1.82) is 5.26 Å². The van der Waals surface area contributed by atoms with Crippen LogP contribution in [0.15, 0.2) is 26.1 Å². The third-order valence-electron chi connectivity index (χ3n) is 3.98. The molecule has 0 saturated carbocycles. The Morgan fingerprint density at radius 3 is 2.96 bits per heavy atom. The average molecular weight is 454 g/mol. The first-order valence-corrected chi connectivity index (χ1v) is 9.66. The molecule has 1 aliphatic carbocycles. The molecular formula is C17H14Br2N2OS. The van der Waals surface area contributed by atoms with Crippen LogP contribution in [0.1, 0.15) is 34.9 Å². The van der Waals surface area contributed by atoms with Crippen LogP contribution in [0.25, 0.3) is 0 Å². The third-order valence-corrected chi connectivity index (χ3v) is 6.21. The fourth-order valence-corrected chi connectivity index (χ4v) is 5.32. The summed E-state index contributed by atoms with van der Waals surface area (Å²) in [6.45, 7) is 2.24. The second kappa shape index (κ2) is 6.76. The summed E-state index contributed by atoms with van der Waals surface area (Å²) in [5, 5.41) is 20.3. The minimum Gasteiger partial charge on any atom is -0.506 e. The van der Waals surface area contributed by atoms with Gasteiger partial charge in [0.2, 0.25) is 0 Å². The van der Waals surface area contributed by atoms with Gasteiger partial charge in [-0.1, -0.05) is 22.9 Å². The van der Waals surface area contributed by atoms with E-state index >= 15 is 0 Å². The minimum atomic E-state index is 0.144. The van der Waals surface area contributed by atoms with Crippen molar-refractivity contribution in [2.75, 3.05) is 0 Å². The van der Waals surface area contributed by atoms with Crippen molar-refractivity contribution in [2.45, 2.75) is 26.2 Å². The number of aromatic hydroxyl groups is 1. The molecule has 0 aliphatic heterocycles. The fourth-order valence-electron chi connectivity index (χ4n) is 2.76. The van der Waals surface area contributed by atoms with Crippen LogP contribution in [0.2, 0.25) is 0 Å². The van der Waals surface area contributed by atoms with Crippen molar-refractivity contribution < 1.29 is 5.11 Å². The van der Waals surface area contributed by atoms with E-state index in [0.717, 1.165) is 28.7 Å². The van der Waals surface area contributed by atoms with Gasteiger partial charge in [0.25, 0.3) is 0 Å². The highest BCUT2D eigenvalue weighted by Crippen LogP contribution is 2.41. The molecule has 0 fully saturated rings. The van der Waals surface area contributed by atoms with Crippen LogP contribution in [0.3, 0.4) is 0 Å². The van der Waals surface area contributed by atoms with Crippen molar-refractivity contribution in [3.63, 3.8) is 0 Å². The summed E-state index contributed by atoms with van der Waals surface area (Å²) in [4.78, 5) is 5.77. The van der Waals surface area contributed by atoms with Crippen LogP contribution in [-0.4, -0.2) is 11.3 Å². The molecule has 1 aliphatic rings. The number of phenolic OH excluding ortho intramolecular Hbond substituents is 1. The molecule has 0 saturated heterocycles. The monoisotopic (exact) mass is 452 g/mol. The molecular weight excluding hydrogens is 440 g/mol. The van der Waals surface area contributed by atoms with Crippen LogP contribution in [-0.2, 0) is 12.8 Å². The number of nitrogens with zero attached hydrogens (tertiary/aromatic N) is 2. The zero-order valence-electron chi connectivity index (χ0n) is 12.4. The van der Waals surface area contributed by atoms with Gasteiger partial charge in [-0.2, -0.15) is 5.26 Å². The summed E-state index contributed by atoms with van der Waals surface area (Å²) < 4.78 is 1.46. The number of benzene rings is 1. The molecule has 23 heavy (non-hydrogen) atoms. The van der Waals surface area contributed by atoms with Gasteiger partial charge in [-0.25, -0.2) is 4.99 Å². The van der Waals surface area contributed by atoms with Gasteiger partial charge in [-0.15, -0.1) is 11.3 Å². The summed E-state index contributed by atoms with van der Waals surface area (Å²) in [5.74, 6) is 0.806. The quantitative estimate of drug-likeness (QED) is 0.590. The topological polar surface area (TPSA) is 56.4 Å². The molecule has 118 valence electrons. The minimum absolute atomic E-state index is 0.144. The van der Waals surface area contributed by atoms with Gasteiger partial charge in [-0.05, 0) is 58.8 Å². The second-order valence-corrected chi connectivity index (χ2v) is 8.58. The molecule has 0 unspecified atom stereocenters. The molecule has 0 radical (unpaired) electrons. The lowest BCUT2D eigenvalue weighted by Gasteiger charge is -2.17. The van der Waals surface area contributed by atoms with Gasteiger partial charge in [0.15, 0.2) is 0 Å². The van der Waals surface area contributed by atoms with Crippen molar-refractivity contribution in [3.05, 3.63) is 42.6 Å². The Bertz CT molecular complexity index is 836. The van der Waals surface area contributed by atoms with Gasteiger partial charge in [0.1, 0.15) is 16.8 Å². The lowest BCUT2D eigenvalue weighted by Crippen LogP contribution is -2.09. The smallest absolute Gasteiger partial charge is 0.138 e. The maximum Gasteiger partial charge on any atom is 0.138 e. The number of fused-ring (bicyclic) bond motifs is 1. The van der Waals surface area contributed by atoms with E-state index in [9.17, 15) is 10.4 Å². The number of thiophene rings is 1. The van der Waals surface area contributed by atoms with Crippen LogP contribution in [0.5, 0.6) is 5.75 Å². The van der Waals surface area contributed by atoms with Gasteiger partial charge in [-0.3, -0.25) is 0 Å². The Morgan fingerprint density at radius 2 is 2.22 bits per heavy atom. The molecule has 2 aromatic rings. The van der Waals surface area contributed by atoms with Crippen LogP contribution in [0, 0.1) is 17.2 Å². The Balaban J connectivity index is 2.00. The normalized spacial score (nSPS) is 17.2. The van der Waals surface area contributed by atoms with Crippen LogP contribution < -0.4 is 0 Å². The number of nitriles is 1. The molecule has 3 rings (SSSR count). The van der Waals surface area contributed by atoms with E-state index in [1.165, 1.54) is 10.4 Å². The zero-order valence-corrected chi connectivity index (χ0v) is 16.4. The second-order valence-electron chi connectivity index (χ2n) is 5.73. The Morgan fingerprint density at radius 1 is 1.43 bits per heavy atom. The van der Waals surface area contributed by atoms with Crippen molar-refractivity contribution in [3.8, 4) is 11.8 Å². The number of aliphatic imine (C=N–C) groups is 1. The average Bonchev–Trinajstić information content (AvgIpc) is 2.85. The van der Waals surface area contributed by atoms with Crippen molar-refractivity contribution in [2.24, 2.45) is 10.9 Å². The maximum absolute atomic E-state index is 10.1. The van der Waals surface area contributed by atoms with E-state index in [-0.39, 0.29) is 5.75 Å². The molecule has 0 bridgehead atoms. The number of hydrogen-bond donors (Lipinski definition) is 1. The lowest BCUT2D eigenvalue weighted by molar-refractivity contribution is 0.471. The summed E-state index contributed by atoms with van der Waals surface area (Å²) in [6.07, 6.45) is 4.73. The lowest BCUT2D eigenvalue weighted by atomic mass is 9.89. The predicted molar refractivity (Wildman–Crippen MR) is 101 cm³/mol. The third kappa shape index (κ3) is 3.37. The highest BCUT2D eigenvalue weighted by Gasteiger charge is 2.23. The molecule has 1 atom stereocenters. The molecule has 1 heterocycles. The van der Waals surface area contributed by atoms with Gasteiger partial charge in [0, 0.05) is 21.1 Å². The molecule has 3 nitrogen and oxygen atoms in total. The first-order valence-electron chi connectivity index (χ1n) is 7.26. The van der Waals surface area contributed by atoms with E-state index in [2.05, 4.69) is 49.8 Å². The number of halogens is 2. The first-order chi connectivity index (χ1) is 11.0. The molecule has 0 spiro atoms. The van der Waals surface area contributed by atoms with Gasteiger partial charge < -0.3 is 5.11 Å². The molecule has 1 aromatic carbocycles. The fraction of sp³-hybridized carbons (Fsp3) is 0.294. The number of hydrogen-bond acceptors (Lipinski definition) is 4. The first kappa shape index (κ1) is 16.7. The highest BCUT2D eigenvalue weighted by molar-refractivity contribution is 9.11. The molecule has 0 amide bonds. The molecule has 1 aromatic heterocycles. The van der Waals surface area contributed by atoms with E-state index in [1.54, 1.807) is 29.7 Å². The number of phenols is 1. The predicted octanol–water partition coefficient (Wildman–Crippen LogP) is 5.73. The zero-order chi connectivity index (χ0) is 16.6. The Kier molecular flexibility index (Phi) is 4.90. The van der Waals surface area contributed by atoms with Crippen LogP contribution in [0.4, 0.5) is 5.00 Å². The summed E-state index contributed by atoms with van der Waals surface area (Å²) in [7, 11) is 0. The van der Waals surface area contributed by atoms with Crippen molar-refractivity contribution in [1.82, 2.24) is 0 Å². The van der Waals surface area contributed by atoms with E-state index < -0.39 is 0 Å².